The molecule has 0 fully saturated rings. The van der Waals surface area contributed by atoms with Crippen LogP contribution in [0, 0.1) is 0 Å². The fourth-order valence-electron chi connectivity index (χ4n) is 4.93. The van der Waals surface area contributed by atoms with Crippen LogP contribution in [0.3, 0.4) is 0 Å². The fourth-order valence-corrected chi connectivity index (χ4v) is 5.10. The van der Waals surface area contributed by atoms with E-state index in [1.165, 1.54) is 12.8 Å². The van der Waals surface area contributed by atoms with Crippen LogP contribution in [0.15, 0.2) is 82.0 Å². The summed E-state index contributed by atoms with van der Waals surface area (Å²) in [5, 5.41) is 0.822. The number of ether oxygens (including phenoxy) is 1. The third-order valence-electron chi connectivity index (χ3n) is 6.87. The maximum absolute atomic E-state index is 13.7. The third-order valence-corrected chi connectivity index (χ3v) is 7.11. The summed E-state index contributed by atoms with van der Waals surface area (Å²) in [6.07, 6.45) is 5.23. The zero-order valence-electron chi connectivity index (χ0n) is 20.9. The molecule has 0 N–H and O–H groups in total. The summed E-state index contributed by atoms with van der Waals surface area (Å²) >= 11 is 6.19. The van der Waals surface area contributed by atoms with E-state index in [4.69, 9.17) is 20.8 Å². The molecule has 5 nitrogen and oxygen atoms in total. The van der Waals surface area contributed by atoms with Crippen molar-refractivity contribution in [3.63, 3.8) is 0 Å². The second-order valence-electron chi connectivity index (χ2n) is 9.43. The Labute approximate surface area is 221 Å². The lowest BCUT2D eigenvalue weighted by molar-refractivity contribution is 0.0730. The van der Waals surface area contributed by atoms with Crippen molar-refractivity contribution in [1.82, 2.24) is 4.90 Å². The molecule has 37 heavy (non-hydrogen) atoms. The van der Waals surface area contributed by atoms with Crippen LogP contribution < -0.4 is 10.2 Å². The van der Waals surface area contributed by atoms with Gasteiger partial charge in [0.25, 0.3) is 5.91 Å². The van der Waals surface area contributed by atoms with Gasteiger partial charge in [0.05, 0.1) is 23.6 Å². The van der Waals surface area contributed by atoms with E-state index in [1.54, 1.807) is 23.1 Å². The zero-order chi connectivity index (χ0) is 25.8. The fraction of sp³-hybridized carbons (Fsp3) is 0.290. The lowest BCUT2D eigenvalue weighted by Crippen LogP contribution is -2.31. The topological polar surface area (TPSA) is 59.8 Å². The van der Waals surface area contributed by atoms with E-state index in [-0.39, 0.29) is 17.1 Å². The molecule has 0 saturated carbocycles. The van der Waals surface area contributed by atoms with Crippen molar-refractivity contribution in [2.75, 3.05) is 13.2 Å². The van der Waals surface area contributed by atoms with Gasteiger partial charge in [0.15, 0.2) is 5.43 Å². The van der Waals surface area contributed by atoms with Gasteiger partial charge in [-0.25, -0.2) is 0 Å². The van der Waals surface area contributed by atoms with Crippen LogP contribution in [-0.4, -0.2) is 24.0 Å². The van der Waals surface area contributed by atoms with Gasteiger partial charge in [-0.1, -0.05) is 80.3 Å². The predicted octanol–water partition coefficient (Wildman–Crippen LogP) is 7.19. The normalized spacial score (nSPS) is 14.8. The highest BCUT2D eigenvalue weighted by Gasteiger charge is 2.42. The molecule has 1 aliphatic heterocycles. The van der Waals surface area contributed by atoms with Crippen LogP contribution >= 0.6 is 11.6 Å². The van der Waals surface area contributed by atoms with Crippen molar-refractivity contribution in [1.29, 1.82) is 0 Å². The molecule has 4 aromatic rings. The first-order valence-corrected chi connectivity index (χ1v) is 13.3. The summed E-state index contributed by atoms with van der Waals surface area (Å²) < 4.78 is 11.9. The third kappa shape index (κ3) is 5.28. The number of hydrogen-bond donors (Lipinski definition) is 0. The van der Waals surface area contributed by atoms with Crippen LogP contribution in [0.1, 0.15) is 65.9 Å². The van der Waals surface area contributed by atoms with Crippen molar-refractivity contribution < 1.29 is 13.9 Å². The number of carbonyl (C=O) groups excluding carboxylic acids is 1. The number of hydrogen-bond acceptors (Lipinski definition) is 4. The molecule has 1 unspecified atom stereocenters. The Morgan fingerprint density at radius 2 is 1.73 bits per heavy atom. The van der Waals surface area contributed by atoms with E-state index in [9.17, 15) is 9.59 Å². The molecule has 6 heteroatoms. The molecule has 0 spiro atoms. The lowest BCUT2D eigenvalue weighted by atomic mass is 9.98. The van der Waals surface area contributed by atoms with Gasteiger partial charge in [0.1, 0.15) is 11.3 Å². The summed E-state index contributed by atoms with van der Waals surface area (Å²) in [5.41, 5.74) is 2.45. The molecule has 1 aliphatic rings. The summed E-state index contributed by atoms with van der Waals surface area (Å²) in [5.74, 6) is 0.605. The van der Waals surface area contributed by atoms with Crippen molar-refractivity contribution >= 4 is 28.5 Å². The Morgan fingerprint density at radius 3 is 2.49 bits per heavy atom. The van der Waals surface area contributed by atoms with E-state index < -0.39 is 6.04 Å². The molecule has 0 radical (unpaired) electrons. The van der Waals surface area contributed by atoms with Gasteiger partial charge in [-0.05, 0) is 54.3 Å². The summed E-state index contributed by atoms with van der Waals surface area (Å²) in [6.45, 7) is 3.31. The maximum atomic E-state index is 13.7. The van der Waals surface area contributed by atoms with Crippen molar-refractivity contribution in [3.05, 3.63) is 110 Å². The van der Waals surface area contributed by atoms with E-state index >= 15 is 0 Å². The summed E-state index contributed by atoms with van der Waals surface area (Å²) in [7, 11) is 0. The molecule has 190 valence electrons. The predicted molar refractivity (Wildman–Crippen MR) is 147 cm³/mol. The quantitative estimate of drug-likeness (QED) is 0.210. The van der Waals surface area contributed by atoms with Gasteiger partial charge in [0, 0.05) is 11.6 Å². The number of fused-ring (bicyclic) bond motifs is 2. The van der Waals surface area contributed by atoms with E-state index in [0.29, 0.717) is 41.1 Å². The maximum Gasteiger partial charge on any atom is 0.290 e. The van der Waals surface area contributed by atoms with Gasteiger partial charge in [-0.2, -0.15) is 0 Å². The zero-order valence-corrected chi connectivity index (χ0v) is 21.7. The Kier molecular flexibility index (Phi) is 7.61. The number of amides is 1. The molecule has 0 aliphatic carbocycles. The highest BCUT2D eigenvalue weighted by molar-refractivity contribution is 6.31. The average molecular weight is 516 g/mol. The van der Waals surface area contributed by atoms with Gasteiger partial charge >= 0.3 is 0 Å². The van der Waals surface area contributed by atoms with Crippen molar-refractivity contribution in [3.8, 4) is 5.75 Å². The minimum Gasteiger partial charge on any atom is -0.494 e. The Morgan fingerprint density at radius 1 is 0.946 bits per heavy atom. The van der Waals surface area contributed by atoms with Gasteiger partial charge in [-0.3, -0.25) is 9.59 Å². The number of benzene rings is 3. The second-order valence-corrected chi connectivity index (χ2v) is 9.87. The molecular formula is C31H30ClNO4. The van der Waals surface area contributed by atoms with Crippen molar-refractivity contribution in [2.45, 2.75) is 45.1 Å². The number of carbonyl (C=O) groups is 1. The lowest BCUT2D eigenvalue weighted by Gasteiger charge is -2.25. The van der Waals surface area contributed by atoms with Crippen LogP contribution in [0.25, 0.3) is 11.0 Å². The van der Waals surface area contributed by atoms with Gasteiger partial charge in [0.2, 0.25) is 5.76 Å². The number of nitrogens with zero attached hydrogens (tertiary/aromatic N) is 1. The average Bonchev–Trinajstić information content (AvgIpc) is 3.20. The molecule has 3 aromatic carbocycles. The monoisotopic (exact) mass is 515 g/mol. The standard InChI is InChI=1S/C31H30ClNO4/c1-2-3-4-8-19-36-24-14-11-22(12-15-24)28-27-29(34)25-20-23(32)13-16-26(25)37-30(27)31(35)33(28)18-17-21-9-6-5-7-10-21/h5-7,9-16,20,28H,2-4,8,17-19H2,1H3. The summed E-state index contributed by atoms with van der Waals surface area (Å²) in [6, 6.07) is 22.0. The van der Waals surface area contributed by atoms with Crippen molar-refractivity contribution in [2.24, 2.45) is 0 Å². The van der Waals surface area contributed by atoms with Gasteiger partial charge in [-0.15, -0.1) is 0 Å². The number of rotatable bonds is 10. The summed E-state index contributed by atoms with van der Waals surface area (Å²) in [4.78, 5) is 29.0. The molecule has 1 aromatic heterocycles. The Balaban J connectivity index is 1.49. The largest absolute Gasteiger partial charge is 0.494 e. The first-order valence-electron chi connectivity index (χ1n) is 12.9. The first kappa shape index (κ1) is 25.1. The molecule has 5 rings (SSSR count). The van der Waals surface area contributed by atoms with Crippen LogP contribution in [0.5, 0.6) is 5.75 Å². The molecular weight excluding hydrogens is 486 g/mol. The molecule has 0 bridgehead atoms. The minimum absolute atomic E-state index is 0.106. The minimum atomic E-state index is -0.551. The molecule has 1 atom stereocenters. The van der Waals surface area contributed by atoms with Gasteiger partial charge < -0.3 is 14.1 Å². The Bertz CT molecular complexity index is 1450. The first-order chi connectivity index (χ1) is 18.1. The smallest absolute Gasteiger partial charge is 0.290 e. The SMILES string of the molecule is CCCCCCOc1ccc(C2c3c(oc4ccc(Cl)cc4c3=O)C(=O)N2CCc2ccccc2)cc1. The number of halogens is 1. The Hall–Kier alpha value is -3.57. The van der Waals surface area contributed by atoms with E-state index in [1.807, 2.05) is 54.6 Å². The van der Waals surface area contributed by atoms with Crippen LogP contribution in [0.2, 0.25) is 5.02 Å². The van der Waals surface area contributed by atoms with E-state index in [0.717, 1.165) is 29.7 Å². The molecule has 2 heterocycles. The van der Waals surface area contributed by atoms with Crippen LogP contribution in [0.4, 0.5) is 0 Å². The highest BCUT2D eigenvalue weighted by atomic mass is 35.5. The van der Waals surface area contributed by atoms with Crippen LogP contribution in [-0.2, 0) is 6.42 Å². The van der Waals surface area contributed by atoms with E-state index in [2.05, 4.69) is 6.92 Å². The molecule has 1 amide bonds. The second kappa shape index (κ2) is 11.2. The highest BCUT2D eigenvalue weighted by Crippen LogP contribution is 2.39. The molecule has 0 saturated heterocycles. The number of unbranched alkanes of at least 4 members (excludes halogenated alkanes) is 3.